The molecule has 6 nitrogen and oxygen atoms in total. The molecule has 2 aromatic carbocycles. The molecule has 0 aliphatic rings. The number of carbonyl (C=O) groups is 1. The third-order valence-electron chi connectivity index (χ3n) is 6.63. The zero-order chi connectivity index (χ0) is 30.3. The molecule has 0 spiro atoms. The number of aryl methyl sites for hydroxylation is 2. The number of halogens is 5. The van der Waals surface area contributed by atoms with Crippen molar-refractivity contribution in [3.8, 4) is 22.8 Å². The lowest BCUT2D eigenvalue weighted by Gasteiger charge is -2.15. The van der Waals surface area contributed by atoms with E-state index in [0.717, 1.165) is 28.6 Å². The van der Waals surface area contributed by atoms with E-state index in [1.807, 2.05) is 31.2 Å². The van der Waals surface area contributed by atoms with Crippen LogP contribution in [0.4, 0.5) is 17.6 Å². The molecule has 0 bridgehead atoms. The van der Waals surface area contributed by atoms with Crippen molar-refractivity contribution in [2.45, 2.75) is 45.7 Å². The minimum Gasteiger partial charge on any atom is -0.494 e. The fourth-order valence-electron chi connectivity index (χ4n) is 4.58. The first-order valence-electron chi connectivity index (χ1n) is 13.5. The van der Waals surface area contributed by atoms with Gasteiger partial charge in [-0.1, -0.05) is 35.9 Å². The monoisotopic (exact) mass is 603 g/mol. The van der Waals surface area contributed by atoms with Crippen LogP contribution in [0.25, 0.3) is 17.1 Å². The summed E-state index contributed by atoms with van der Waals surface area (Å²) in [5.74, 6) is -0.507. The average molecular weight is 604 g/mol. The van der Waals surface area contributed by atoms with Gasteiger partial charge in [0.05, 0.1) is 31.8 Å². The van der Waals surface area contributed by atoms with Crippen molar-refractivity contribution in [1.82, 2.24) is 14.8 Å². The van der Waals surface area contributed by atoms with E-state index in [1.54, 1.807) is 24.3 Å². The Hall–Kier alpha value is -3.92. The van der Waals surface area contributed by atoms with E-state index in [1.165, 1.54) is 13.0 Å². The van der Waals surface area contributed by atoms with Crippen LogP contribution in [0.3, 0.4) is 0 Å². The van der Waals surface area contributed by atoms with Gasteiger partial charge in [0.15, 0.2) is 11.5 Å². The van der Waals surface area contributed by atoms with Crippen molar-refractivity contribution in [1.29, 1.82) is 0 Å². The maximum absolute atomic E-state index is 14.0. The molecule has 4 aromatic rings. The largest absolute Gasteiger partial charge is 0.494 e. The Balaban J connectivity index is 1.62. The Morgan fingerprint density at radius 2 is 1.83 bits per heavy atom. The summed E-state index contributed by atoms with van der Waals surface area (Å²) < 4.78 is 65.5. The summed E-state index contributed by atoms with van der Waals surface area (Å²) in [5.41, 5.74) is 2.02. The van der Waals surface area contributed by atoms with Crippen LogP contribution in [0.1, 0.15) is 52.5 Å². The number of esters is 1. The van der Waals surface area contributed by atoms with Gasteiger partial charge in [-0.05, 0) is 86.6 Å². The van der Waals surface area contributed by atoms with E-state index >= 15 is 0 Å². The Bertz CT molecular complexity index is 1540. The van der Waals surface area contributed by atoms with Gasteiger partial charge >= 0.3 is 12.1 Å². The Morgan fingerprint density at radius 1 is 1.05 bits per heavy atom. The second kappa shape index (κ2) is 13.8. The summed E-state index contributed by atoms with van der Waals surface area (Å²) >= 11 is 6.61. The highest BCUT2D eigenvalue weighted by atomic mass is 35.5. The van der Waals surface area contributed by atoms with Gasteiger partial charge in [0.1, 0.15) is 11.3 Å². The van der Waals surface area contributed by atoms with Crippen LogP contribution in [-0.4, -0.2) is 40.6 Å². The molecular weight excluding hydrogens is 574 g/mol. The molecule has 11 heteroatoms. The Morgan fingerprint density at radius 3 is 2.55 bits per heavy atom. The minimum absolute atomic E-state index is 0.0777. The average Bonchev–Trinajstić information content (AvgIpc) is 3.42. The molecule has 0 aliphatic carbocycles. The van der Waals surface area contributed by atoms with Crippen molar-refractivity contribution in [2.24, 2.45) is 0 Å². The van der Waals surface area contributed by atoms with Gasteiger partial charge in [-0.25, -0.2) is 14.5 Å². The predicted octanol–water partition coefficient (Wildman–Crippen LogP) is 8.01. The molecule has 0 saturated heterocycles. The first kappa shape index (κ1) is 31.0. The summed E-state index contributed by atoms with van der Waals surface area (Å²) in [6.07, 6.45) is -1.75. The maximum atomic E-state index is 14.0. The topological polar surface area (TPSA) is 66.2 Å². The number of pyridine rings is 1. The van der Waals surface area contributed by atoms with Crippen molar-refractivity contribution in [2.75, 3.05) is 19.9 Å². The van der Waals surface area contributed by atoms with Crippen LogP contribution in [0, 0.1) is 6.92 Å². The molecule has 2 aromatic heterocycles. The van der Waals surface area contributed by atoms with Crippen molar-refractivity contribution in [3.63, 3.8) is 0 Å². The van der Waals surface area contributed by atoms with Crippen LogP contribution >= 0.6 is 11.6 Å². The summed E-state index contributed by atoms with van der Waals surface area (Å²) in [7, 11) is 0. The van der Waals surface area contributed by atoms with Gasteiger partial charge in [-0.3, -0.25) is 4.39 Å². The van der Waals surface area contributed by atoms with Crippen molar-refractivity contribution in [3.05, 3.63) is 93.8 Å². The summed E-state index contributed by atoms with van der Waals surface area (Å²) in [6.45, 7) is 3.50. The molecular formula is C31H30ClF4N3O3. The van der Waals surface area contributed by atoms with Crippen LogP contribution in [0.15, 0.2) is 60.8 Å². The molecule has 0 N–H and O–H groups in total. The summed E-state index contributed by atoms with van der Waals surface area (Å²) in [6, 6.07) is 15.8. The highest BCUT2D eigenvalue weighted by Gasteiger charge is 2.41. The number of hydrogen-bond acceptors (Lipinski definition) is 5. The number of aromatic nitrogens is 3. The zero-order valence-electron chi connectivity index (χ0n) is 23.2. The second-order valence-electron chi connectivity index (χ2n) is 9.52. The number of carbonyl (C=O) groups excluding carboxylic acids is 1. The molecule has 222 valence electrons. The molecule has 0 unspecified atom stereocenters. The van der Waals surface area contributed by atoms with Crippen molar-refractivity contribution < 1.29 is 31.8 Å². The Kier molecular flexibility index (Phi) is 10.2. The quantitative estimate of drug-likeness (QED) is 0.0932. The molecule has 0 amide bonds. The molecule has 4 rings (SSSR count). The van der Waals surface area contributed by atoms with Crippen LogP contribution in [0.5, 0.6) is 5.75 Å². The smallest absolute Gasteiger partial charge is 0.434 e. The molecule has 2 heterocycles. The van der Waals surface area contributed by atoms with Gasteiger partial charge in [0.2, 0.25) is 0 Å². The second-order valence-corrected chi connectivity index (χ2v) is 9.92. The van der Waals surface area contributed by atoms with E-state index in [0.29, 0.717) is 53.3 Å². The van der Waals surface area contributed by atoms with Gasteiger partial charge < -0.3 is 9.47 Å². The molecule has 0 fully saturated rings. The third kappa shape index (κ3) is 7.28. The van der Waals surface area contributed by atoms with Gasteiger partial charge in [-0.2, -0.15) is 18.3 Å². The summed E-state index contributed by atoms with van der Waals surface area (Å²) in [4.78, 5) is 16.7. The summed E-state index contributed by atoms with van der Waals surface area (Å²) in [5, 5.41) is 4.34. The number of unbranched alkanes of at least 4 members (excludes halogenated alkanes) is 1. The number of hydrogen-bond donors (Lipinski definition) is 0. The van der Waals surface area contributed by atoms with E-state index in [4.69, 9.17) is 21.1 Å². The normalized spacial score (nSPS) is 11.5. The lowest BCUT2D eigenvalue weighted by Crippen LogP contribution is -2.19. The lowest BCUT2D eigenvalue weighted by molar-refractivity contribution is -0.143. The number of benzene rings is 2. The fraction of sp³-hybridized carbons (Fsp3) is 0.323. The molecule has 0 aliphatic heterocycles. The standard InChI is InChI=1S/C31H30ClF4N3O3/c1-3-41-30(40)25-19-37-39(29(25)31(34,35)36)28-11-7-10-27(38-28)24-8-6-9-26(32)23(24)15-13-21-12-14-22(18-20(21)2)42-17-5-4-16-33/h6-12,14,18-19H,3-5,13,15-17H2,1-2H3. The number of ether oxygens (including phenoxy) is 2. The first-order valence-corrected chi connectivity index (χ1v) is 13.9. The van der Waals surface area contributed by atoms with E-state index in [9.17, 15) is 22.4 Å². The molecule has 0 atom stereocenters. The van der Waals surface area contributed by atoms with Crippen LogP contribution in [0.2, 0.25) is 5.02 Å². The minimum atomic E-state index is -4.88. The maximum Gasteiger partial charge on any atom is 0.434 e. The molecule has 0 radical (unpaired) electrons. The highest BCUT2D eigenvalue weighted by Crippen LogP contribution is 2.35. The zero-order valence-corrected chi connectivity index (χ0v) is 23.9. The van der Waals surface area contributed by atoms with Gasteiger partial charge in [-0.15, -0.1) is 0 Å². The Labute approximate surface area is 246 Å². The number of nitrogens with zero attached hydrogens (tertiary/aromatic N) is 3. The SMILES string of the molecule is CCOC(=O)c1cnn(-c2cccc(-c3cccc(Cl)c3CCc3ccc(OCCCCF)cc3C)n2)c1C(F)(F)F. The highest BCUT2D eigenvalue weighted by molar-refractivity contribution is 6.31. The van der Waals surface area contributed by atoms with Gasteiger partial charge in [0, 0.05) is 10.6 Å². The number of rotatable bonds is 12. The van der Waals surface area contributed by atoms with E-state index in [2.05, 4.69) is 10.1 Å². The molecule has 42 heavy (non-hydrogen) atoms. The van der Waals surface area contributed by atoms with Crippen LogP contribution < -0.4 is 4.74 Å². The van der Waals surface area contributed by atoms with Crippen LogP contribution in [-0.2, 0) is 23.8 Å². The lowest BCUT2D eigenvalue weighted by atomic mass is 9.95. The predicted molar refractivity (Wildman–Crippen MR) is 152 cm³/mol. The van der Waals surface area contributed by atoms with E-state index in [-0.39, 0.29) is 19.1 Å². The third-order valence-corrected chi connectivity index (χ3v) is 6.99. The molecule has 0 saturated carbocycles. The van der Waals surface area contributed by atoms with Gasteiger partial charge in [0.25, 0.3) is 0 Å². The number of alkyl halides is 4. The van der Waals surface area contributed by atoms with Crippen molar-refractivity contribution >= 4 is 17.6 Å². The van der Waals surface area contributed by atoms with E-state index < -0.39 is 23.4 Å². The fourth-order valence-corrected chi connectivity index (χ4v) is 4.85. The first-order chi connectivity index (χ1) is 20.1.